The smallest absolute Gasteiger partial charge is 0.222 e. The molecule has 0 aromatic heterocycles. The summed E-state index contributed by atoms with van der Waals surface area (Å²) in [4.78, 5) is 14.4. The van der Waals surface area contributed by atoms with Crippen LogP contribution < -0.4 is 4.74 Å². The summed E-state index contributed by atoms with van der Waals surface area (Å²) in [7, 11) is -1.92. The normalized spacial score (nSPS) is 15.3. The van der Waals surface area contributed by atoms with Crippen LogP contribution in [0, 0.1) is 5.82 Å². The first-order valence-electron chi connectivity index (χ1n) is 9.41. The number of aryl methyl sites for hydroxylation is 1. The molecule has 0 aliphatic carbocycles. The van der Waals surface area contributed by atoms with E-state index < -0.39 is 20.9 Å². The van der Waals surface area contributed by atoms with Gasteiger partial charge in [-0.1, -0.05) is 17.7 Å². The number of carbonyl (C=O) groups is 1. The second kappa shape index (κ2) is 9.13. The Hall–Kier alpha value is -2.12. The first-order valence-corrected chi connectivity index (χ1v) is 11.3. The number of hydrogen-bond acceptors (Lipinski definition) is 4. The lowest BCUT2D eigenvalue weighted by atomic mass is 10.1. The van der Waals surface area contributed by atoms with Gasteiger partial charge in [-0.15, -0.1) is 0 Å². The molecule has 1 aliphatic heterocycles. The van der Waals surface area contributed by atoms with E-state index in [1.165, 1.54) is 19.2 Å². The summed E-state index contributed by atoms with van der Waals surface area (Å²) >= 11 is 5.77. The van der Waals surface area contributed by atoms with Crippen LogP contribution in [0.2, 0.25) is 5.02 Å². The minimum atomic E-state index is -3.44. The zero-order valence-corrected chi connectivity index (χ0v) is 17.7. The Bertz CT molecular complexity index is 971. The number of amides is 1. The van der Waals surface area contributed by atoms with E-state index in [2.05, 4.69) is 0 Å². The fourth-order valence-electron chi connectivity index (χ4n) is 3.48. The molecule has 2 aromatic rings. The highest BCUT2D eigenvalue weighted by Gasteiger charge is 2.32. The van der Waals surface area contributed by atoms with Crippen LogP contribution in [0.3, 0.4) is 0 Å². The lowest BCUT2D eigenvalue weighted by Crippen LogP contribution is -2.42. The standard InChI is InChI=1S/C21H23ClFNO4S/c1-28-16-4-6-17(7-5-16)29(26,27)18-10-12-24(13-11-18)21(25)9-3-15-2-8-20(23)19(22)14-15/h2,4-8,14,18H,3,9-13H2,1H3. The highest BCUT2D eigenvalue weighted by Crippen LogP contribution is 2.26. The number of sulfone groups is 1. The minimum Gasteiger partial charge on any atom is -0.497 e. The van der Waals surface area contributed by atoms with Gasteiger partial charge in [0.2, 0.25) is 5.91 Å². The van der Waals surface area contributed by atoms with Crippen LogP contribution in [0.25, 0.3) is 0 Å². The van der Waals surface area contributed by atoms with Gasteiger partial charge in [0.25, 0.3) is 0 Å². The van der Waals surface area contributed by atoms with Gasteiger partial charge in [-0.2, -0.15) is 0 Å². The highest BCUT2D eigenvalue weighted by molar-refractivity contribution is 7.92. The number of likely N-dealkylation sites (tertiary alicyclic amines) is 1. The molecule has 0 N–H and O–H groups in total. The largest absolute Gasteiger partial charge is 0.497 e. The summed E-state index contributed by atoms with van der Waals surface area (Å²) in [5.74, 6) is 0.0828. The molecule has 0 spiro atoms. The molecule has 0 saturated carbocycles. The first kappa shape index (κ1) is 21.6. The maximum atomic E-state index is 13.2. The molecule has 0 radical (unpaired) electrons. The number of methoxy groups -OCH3 is 1. The van der Waals surface area contributed by atoms with Crippen molar-refractivity contribution in [2.45, 2.75) is 35.8 Å². The molecule has 156 valence electrons. The van der Waals surface area contributed by atoms with Gasteiger partial charge in [0.15, 0.2) is 9.84 Å². The predicted octanol–water partition coefficient (Wildman–Crippen LogP) is 3.89. The SMILES string of the molecule is COc1ccc(S(=O)(=O)C2CCN(C(=O)CCc3ccc(F)c(Cl)c3)CC2)cc1. The molecule has 1 heterocycles. The van der Waals surface area contributed by atoms with Crippen molar-refractivity contribution in [1.82, 2.24) is 4.90 Å². The Morgan fingerprint density at radius 3 is 2.41 bits per heavy atom. The van der Waals surface area contributed by atoms with Crippen molar-refractivity contribution in [3.8, 4) is 5.75 Å². The third-order valence-corrected chi connectivity index (χ3v) is 7.80. The van der Waals surface area contributed by atoms with Crippen LogP contribution >= 0.6 is 11.6 Å². The molecule has 1 aliphatic rings. The van der Waals surface area contributed by atoms with Gasteiger partial charge >= 0.3 is 0 Å². The number of piperidine rings is 1. The molecule has 2 aromatic carbocycles. The Morgan fingerprint density at radius 2 is 1.83 bits per heavy atom. The van der Waals surface area contributed by atoms with Crippen molar-refractivity contribution >= 4 is 27.3 Å². The van der Waals surface area contributed by atoms with Gasteiger partial charge in [0.1, 0.15) is 11.6 Å². The van der Waals surface area contributed by atoms with E-state index in [0.29, 0.717) is 38.1 Å². The first-order chi connectivity index (χ1) is 13.8. The van der Waals surface area contributed by atoms with E-state index in [1.54, 1.807) is 35.2 Å². The summed E-state index contributed by atoms with van der Waals surface area (Å²) in [5, 5.41) is -0.463. The van der Waals surface area contributed by atoms with Crippen molar-refractivity contribution in [3.63, 3.8) is 0 Å². The van der Waals surface area contributed by atoms with Crippen LogP contribution in [0.5, 0.6) is 5.75 Å². The van der Waals surface area contributed by atoms with Gasteiger partial charge in [0.05, 0.1) is 22.3 Å². The van der Waals surface area contributed by atoms with E-state index in [9.17, 15) is 17.6 Å². The number of hydrogen-bond donors (Lipinski definition) is 0. The van der Waals surface area contributed by atoms with Crippen molar-refractivity contribution in [2.75, 3.05) is 20.2 Å². The van der Waals surface area contributed by atoms with Crippen LogP contribution in [0.4, 0.5) is 4.39 Å². The van der Waals surface area contributed by atoms with E-state index in [-0.39, 0.29) is 22.2 Å². The molecule has 1 saturated heterocycles. The minimum absolute atomic E-state index is 0.0363. The van der Waals surface area contributed by atoms with Crippen molar-refractivity contribution in [2.24, 2.45) is 0 Å². The number of carbonyl (C=O) groups excluding carboxylic acids is 1. The average molecular weight is 440 g/mol. The Labute approximate surface area is 175 Å². The Balaban J connectivity index is 1.54. The monoisotopic (exact) mass is 439 g/mol. The van der Waals surface area contributed by atoms with Gasteiger partial charge < -0.3 is 9.64 Å². The number of nitrogens with zero attached hydrogens (tertiary/aromatic N) is 1. The molecule has 0 atom stereocenters. The molecule has 0 unspecified atom stereocenters. The van der Waals surface area contributed by atoms with E-state index in [4.69, 9.17) is 16.3 Å². The second-order valence-corrected chi connectivity index (χ2v) is 9.68. The van der Waals surface area contributed by atoms with Gasteiger partial charge in [0, 0.05) is 19.5 Å². The quantitative estimate of drug-likeness (QED) is 0.685. The predicted molar refractivity (Wildman–Crippen MR) is 110 cm³/mol. The highest BCUT2D eigenvalue weighted by atomic mass is 35.5. The van der Waals surface area contributed by atoms with Crippen LogP contribution in [0.1, 0.15) is 24.8 Å². The van der Waals surface area contributed by atoms with Crippen molar-refractivity contribution < 1.29 is 22.3 Å². The lowest BCUT2D eigenvalue weighted by Gasteiger charge is -2.32. The zero-order chi connectivity index (χ0) is 21.0. The molecule has 0 bridgehead atoms. The summed E-state index contributed by atoms with van der Waals surface area (Å²) in [6.45, 7) is 0.812. The lowest BCUT2D eigenvalue weighted by molar-refractivity contribution is -0.132. The Kier molecular flexibility index (Phi) is 6.80. The third kappa shape index (κ3) is 5.08. The van der Waals surface area contributed by atoms with E-state index >= 15 is 0 Å². The molecular formula is C21H23ClFNO4S. The van der Waals surface area contributed by atoms with E-state index in [0.717, 1.165) is 5.56 Å². The molecule has 1 amide bonds. The van der Waals surface area contributed by atoms with Gasteiger partial charge in [-0.3, -0.25) is 4.79 Å². The molecule has 5 nitrogen and oxygen atoms in total. The molecule has 1 fully saturated rings. The second-order valence-electron chi connectivity index (χ2n) is 7.05. The molecule has 29 heavy (non-hydrogen) atoms. The maximum absolute atomic E-state index is 13.2. The number of ether oxygens (including phenoxy) is 1. The fraction of sp³-hybridized carbons (Fsp3) is 0.381. The van der Waals surface area contributed by atoms with Crippen LogP contribution in [0.15, 0.2) is 47.4 Å². The van der Waals surface area contributed by atoms with Crippen molar-refractivity contribution in [3.05, 3.63) is 58.9 Å². The zero-order valence-electron chi connectivity index (χ0n) is 16.1. The number of halogens is 2. The maximum Gasteiger partial charge on any atom is 0.222 e. The molecule has 3 rings (SSSR count). The fourth-order valence-corrected chi connectivity index (χ4v) is 5.41. The molecular weight excluding hydrogens is 417 g/mol. The average Bonchev–Trinajstić information content (AvgIpc) is 2.74. The van der Waals surface area contributed by atoms with Crippen LogP contribution in [-0.4, -0.2) is 44.7 Å². The van der Waals surface area contributed by atoms with Crippen molar-refractivity contribution in [1.29, 1.82) is 0 Å². The molecule has 8 heteroatoms. The number of benzene rings is 2. The topological polar surface area (TPSA) is 63.7 Å². The summed E-state index contributed by atoms with van der Waals surface area (Å²) in [6, 6.07) is 10.8. The Morgan fingerprint density at radius 1 is 1.17 bits per heavy atom. The summed E-state index contributed by atoms with van der Waals surface area (Å²) in [5.41, 5.74) is 0.793. The summed E-state index contributed by atoms with van der Waals surface area (Å²) < 4.78 is 44.0. The van der Waals surface area contributed by atoms with Gasteiger partial charge in [-0.05, 0) is 61.2 Å². The third-order valence-electron chi connectivity index (χ3n) is 5.23. The van der Waals surface area contributed by atoms with Gasteiger partial charge in [-0.25, -0.2) is 12.8 Å². The van der Waals surface area contributed by atoms with Crippen LogP contribution in [-0.2, 0) is 21.1 Å². The number of rotatable bonds is 6. The van der Waals surface area contributed by atoms with E-state index in [1.807, 2.05) is 0 Å². The summed E-state index contributed by atoms with van der Waals surface area (Å²) in [6.07, 6.45) is 1.55.